The number of hydrogen-bond donors (Lipinski definition) is 1. The largest absolute Gasteiger partial charge is 0.350 e. The number of aromatic nitrogens is 2. The van der Waals surface area contributed by atoms with Crippen LogP contribution in [0.15, 0.2) is 59.4 Å². The maximum atomic E-state index is 13.7. The smallest absolute Gasteiger partial charge is 0.267 e. The third-order valence-electron chi connectivity index (χ3n) is 4.42. The van der Waals surface area contributed by atoms with Crippen molar-refractivity contribution in [1.29, 1.82) is 0 Å². The quantitative estimate of drug-likeness (QED) is 0.735. The number of nitrogens with zero attached hydrogens (tertiary/aromatic N) is 2. The number of rotatable bonds is 5. The minimum Gasteiger partial charge on any atom is -0.350 e. The van der Waals surface area contributed by atoms with Gasteiger partial charge in [-0.1, -0.05) is 35.9 Å². The first-order chi connectivity index (χ1) is 13.4. The maximum absolute atomic E-state index is 13.7. The molecule has 0 saturated heterocycles. The van der Waals surface area contributed by atoms with Crippen molar-refractivity contribution in [3.8, 4) is 11.3 Å². The summed E-state index contributed by atoms with van der Waals surface area (Å²) in [6.07, 6.45) is 0. The highest BCUT2D eigenvalue weighted by Gasteiger charge is 2.19. The molecular formula is C21H19F2N3O2. The van der Waals surface area contributed by atoms with Gasteiger partial charge in [-0.2, -0.15) is 5.10 Å². The Morgan fingerprint density at radius 1 is 1.07 bits per heavy atom. The highest BCUT2D eigenvalue weighted by molar-refractivity contribution is 5.79. The van der Waals surface area contributed by atoms with Gasteiger partial charge in [-0.15, -0.1) is 0 Å². The number of aryl methyl sites for hydroxylation is 1. The summed E-state index contributed by atoms with van der Waals surface area (Å²) in [5.41, 5.74) is 1.75. The second-order valence-electron chi connectivity index (χ2n) is 6.46. The Labute approximate surface area is 160 Å². The normalized spacial score (nSPS) is 11.9. The van der Waals surface area contributed by atoms with Crippen molar-refractivity contribution in [3.63, 3.8) is 0 Å². The number of nitrogens with one attached hydrogen (secondary N) is 1. The van der Waals surface area contributed by atoms with E-state index >= 15 is 0 Å². The van der Waals surface area contributed by atoms with Crippen LogP contribution in [0.1, 0.15) is 24.1 Å². The Morgan fingerprint density at radius 3 is 2.36 bits per heavy atom. The third kappa shape index (κ3) is 4.14. The lowest BCUT2D eigenvalue weighted by Gasteiger charge is -2.15. The molecule has 1 amide bonds. The van der Waals surface area contributed by atoms with Crippen LogP contribution in [0.2, 0.25) is 0 Å². The predicted molar refractivity (Wildman–Crippen MR) is 102 cm³/mol. The lowest BCUT2D eigenvalue weighted by molar-refractivity contribution is -0.124. The molecule has 7 heteroatoms. The van der Waals surface area contributed by atoms with Crippen molar-refractivity contribution in [1.82, 2.24) is 15.1 Å². The number of hydrogen-bond acceptors (Lipinski definition) is 3. The number of benzene rings is 2. The topological polar surface area (TPSA) is 64.0 Å². The molecule has 0 saturated carbocycles. The first-order valence-corrected chi connectivity index (χ1v) is 8.74. The highest BCUT2D eigenvalue weighted by Crippen LogP contribution is 2.17. The average Bonchev–Trinajstić information content (AvgIpc) is 2.68. The Morgan fingerprint density at radius 2 is 1.71 bits per heavy atom. The monoisotopic (exact) mass is 383 g/mol. The second kappa shape index (κ2) is 8.12. The molecular weight excluding hydrogens is 364 g/mol. The fraction of sp³-hybridized carbons (Fsp3) is 0.190. The van der Waals surface area contributed by atoms with Gasteiger partial charge in [0.1, 0.15) is 17.7 Å². The minimum atomic E-state index is -0.951. The van der Waals surface area contributed by atoms with Crippen molar-refractivity contribution in [2.45, 2.75) is 26.4 Å². The van der Waals surface area contributed by atoms with Gasteiger partial charge < -0.3 is 5.32 Å². The molecule has 0 bridgehead atoms. The first-order valence-electron chi connectivity index (χ1n) is 8.74. The van der Waals surface area contributed by atoms with Crippen LogP contribution in [-0.2, 0) is 11.3 Å². The van der Waals surface area contributed by atoms with E-state index in [4.69, 9.17) is 0 Å². The molecule has 1 aromatic heterocycles. The van der Waals surface area contributed by atoms with E-state index in [-0.39, 0.29) is 12.1 Å². The Hall–Kier alpha value is -3.35. The van der Waals surface area contributed by atoms with Gasteiger partial charge in [0, 0.05) is 23.7 Å². The van der Waals surface area contributed by atoms with Gasteiger partial charge in [0.15, 0.2) is 0 Å². The highest BCUT2D eigenvalue weighted by atomic mass is 19.1. The average molecular weight is 383 g/mol. The fourth-order valence-corrected chi connectivity index (χ4v) is 2.72. The SMILES string of the molecule is Cc1ccc(-c2ccc(=O)n(C(C)C(=O)NCc3c(F)cccc3F)n2)cc1. The van der Waals surface area contributed by atoms with Crippen LogP contribution in [0.5, 0.6) is 0 Å². The molecule has 2 aromatic carbocycles. The summed E-state index contributed by atoms with van der Waals surface area (Å²) in [4.78, 5) is 24.6. The number of amides is 1. The first kappa shape index (κ1) is 19.4. The zero-order valence-corrected chi connectivity index (χ0v) is 15.4. The molecule has 1 N–H and O–H groups in total. The lowest BCUT2D eigenvalue weighted by atomic mass is 10.1. The number of carbonyl (C=O) groups is 1. The van der Waals surface area contributed by atoms with Gasteiger partial charge >= 0.3 is 0 Å². The molecule has 3 aromatic rings. The molecule has 0 radical (unpaired) electrons. The van der Waals surface area contributed by atoms with E-state index in [1.54, 1.807) is 6.07 Å². The third-order valence-corrected chi connectivity index (χ3v) is 4.42. The molecule has 144 valence electrons. The minimum absolute atomic E-state index is 0.239. The molecule has 1 heterocycles. The van der Waals surface area contributed by atoms with Crippen LogP contribution in [-0.4, -0.2) is 15.7 Å². The van der Waals surface area contributed by atoms with Crippen molar-refractivity contribution in [2.24, 2.45) is 0 Å². The number of halogens is 2. The van der Waals surface area contributed by atoms with E-state index in [0.717, 1.165) is 27.9 Å². The van der Waals surface area contributed by atoms with E-state index in [0.29, 0.717) is 5.69 Å². The van der Waals surface area contributed by atoms with E-state index in [1.165, 1.54) is 19.1 Å². The van der Waals surface area contributed by atoms with Crippen LogP contribution in [0.25, 0.3) is 11.3 Å². The van der Waals surface area contributed by atoms with E-state index in [2.05, 4.69) is 10.4 Å². The van der Waals surface area contributed by atoms with Crippen molar-refractivity contribution in [2.75, 3.05) is 0 Å². The van der Waals surface area contributed by atoms with Gasteiger partial charge in [-0.05, 0) is 32.0 Å². The van der Waals surface area contributed by atoms with Gasteiger partial charge in [-0.3, -0.25) is 9.59 Å². The molecule has 1 unspecified atom stereocenters. The van der Waals surface area contributed by atoms with Crippen molar-refractivity contribution >= 4 is 5.91 Å². The van der Waals surface area contributed by atoms with Crippen LogP contribution in [0.4, 0.5) is 8.78 Å². The molecule has 0 spiro atoms. The van der Waals surface area contributed by atoms with E-state index in [9.17, 15) is 18.4 Å². The molecule has 3 rings (SSSR count). The predicted octanol–water partition coefficient (Wildman–Crippen LogP) is 3.37. The Kier molecular flexibility index (Phi) is 5.63. The molecule has 1 atom stereocenters. The molecule has 5 nitrogen and oxygen atoms in total. The van der Waals surface area contributed by atoms with Crippen molar-refractivity contribution < 1.29 is 13.6 Å². The fourth-order valence-electron chi connectivity index (χ4n) is 2.72. The summed E-state index contributed by atoms with van der Waals surface area (Å²) in [5.74, 6) is -2.06. The van der Waals surface area contributed by atoms with Gasteiger partial charge in [0.05, 0.1) is 5.69 Å². The summed E-state index contributed by atoms with van der Waals surface area (Å²) in [6, 6.07) is 13.0. The van der Waals surface area contributed by atoms with Gasteiger partial charge in [0.25, 0.3) is 5.56 Å². The number of carbonyl (C=O) groups excluding carboxylic acids is 1. The zero-order chi connectivity index (χ0) is 20.3. The Balaban J connectivity index is 1.80. The van der Waals surface area contributed by atoms with E-state index in [1.807, 2.05) is 31.2 Å². The van der Waals surface area contributed by atoms with Gasteiger partial charge in [0.2, 0.25) is 5.91 Å². The summed E-state index contributed by atoms with van der Waals surface area (Å²) in [6.45, 7) is 3.14. The summed E-state index contributed by atoms with van der Waals surface area (Å²) < 4.78 is 28.5. The molecule has 0 aliphatic rings. The maximum Gasteiger partial charge on any atom is 0.267 e. The van der Waals surface area contributed by atoms with Crippen molar-refractivity contribution in [3.05, 3.63) is 87.7 Å². The van der Waals surface area contributed by atoms with Crippen LogP contribution in [0, 0.1) is 18.6 Å². The van der Waals surface area contributed by atoms with Crippen LogP contribution >= 0.6 is 0 Å². The summed E-state index contributed by atoms with van der Waals surface area (Å²) >= 11 is 0. The van der Waals surface area contributed by atoms with E-state index < -0.39 is 29.1 Å². The van der Waals surface area contributed by atoms with Crippen LogP contribution in [0.3, 0.4) is 0 Å². The molecule has 0 fully saturated rings. The molecule has 0 aliphatic heterocycles. The summed E-state index contributed by atoms with van der Waals surface area (Å²) in [5, 5.41) is 6.73. The zero-order valence-electron chi connectivity index (χ0n) is 15.4. The molecule has 0 aliphatic carbocycles. The summed E-state index contributed by atoms with van der Waals surface area (Å²) in [7, 11) is 0. The van der Waals surface area contributed by atoms with Crippen LogP contribution < -0.4 is 10.9 Å². The lowest BCUT2D eigenvalue weighted by Crippen LogP contribution is -2.37. The molecule has 28 heavy (non-hydrogen) atoms. The second-order valence-corrected chi connectivity index (χ2v) is 6.46. The van der Waals surface area contributed by atoms with Gasteiger partial charge in [-0.25, -0.2) is 13.5 Å². The Bertz CT molecular complexity index is 1040. The standard InChI is InChI=1S/C21H19F2N3O2/c1-13-6-8-15(9-7-13)19-10-11-20(27)26(25-19)14(2)21(28)24-12-16-17(22)4-3-5-18(16)23/h3-11,14H,12H2,1-2H3,(H,24,28).